The van der Waals surface area contributed by atoms with Crippen LogP contribution in [0.25, 0.3) is 0 Å². The molecule has 0 aliphatic rings. The maximum Gasteiger partial charge on any atom is 0.341 e. The summed E-state index contributed by atoms with van der Waals surface area (Å²) in [7, 11) is 0. The zero-order valence-electron chi connectivity index (χ0n) is 11.9. The lowest BCUT2D eigenvalue weighted by Gasteiger charge is -2.13. The Kier molecular flexibility index (Phi) is 4.67. The maximum absolute atomic E-state index is 12.0. The third-order valence-electron chi connectivity index (χ3n) is 2.77. The number of rotatable bonds is 4. The van der Waals surface area contributed by atoms with E-state index in [2.05, 4.69) is 10.5 Å². The van der Waals surface area contributed by atoms with Crippen LogP contribution in [0.5, 0.6) is 0 Å². The lowest BCUT2D eigenvalue weighted by Crippen LogP contribution is -2.30. The SMILES string of the molecule is Cc1cc(NC(=O)[C@H](C)OC(=O)c2ccc(Cl)cc2N)no1. The molecular formula is C14H14ClN3O4. The fourth-order valence-electron chi connectivity index (χ4n) is 1.65. The fourth-order valence-corrected chi connectivity index (χ4v) is 1.83. The molecular weight excluding hydrogens is 310 g/mol. The molecule has 116 valence electrons. The summed E-state index contributed by atoms with van der Waals surface area (Å²) in [6, 6.07) is 5.92. The number of nitrogens with two attached hydrogens (primary N) is 1. The third-order valence-corrected chi connectivity index (χ3v) is 3.00. The number of amides is 1. The Morgan fingerprint density at radius 3 is 2.73 bits per heavy atom. The first-order valence-electron chi connectivity index (χ1n) is 6.37. The van der Waals surface area contributed by atoms with Gasteiger partial charge in [-0.2, -0.15) is 0 Å². The van der Waals surface area contributed by atoms with Crippen LogP contribution in [0.2, 0.25) is 5.02 Å². The van der Waals surface area contributed by atoms with Crippen LogP contribution in [0.4, 0.5) is 11.5 Å². The molecule has 2 rings (SSSR count). The molecule has 3 N–H and O–H groups in total. The van der Waals surface area contributed by atoms with Crippen LogP contribution in [0, 0.1) is 6.92 Å². The van der Waals surface area contributed by atoms with Crippen LogP contribution >= 0.6 is 11.6 Å². The van der Waals surface area contributed by atoms with Crippen LogP contribution in [-0.2, 0) is 9.53 Å². The van der Waals surface area contributed by atoms with E-state index in [9.17, 15) is 9.59 Å². The van der Waals surface area contributed by atoms with E-state index in [0.29, 0.717) is 10.8 Å². The molecule has 0 saturated heterocycles. The topological polar surface area (TPSA) is 107 Å². The minimum Gasteiger partial charge on any atom is -0.449 e. The summed E-state index contributed by atoms with van der Waals surface area (Å²) in [6.45, 7) is 3.13. The van der Waals surface area contributed by atoms with E-state index in [1.165, 1.54) is 25.1 Å². The monoisotopic (exact) mass is 323 g/mol. The standard InChI is InChI=1S/C14H14ClN3O4/c1-7-5-12(18-22-7)17-13(19)8(2)21-14(20)10-4-3-9(15)6-11(10)16/h3-6,8H,16H2,1-2H3,(H,17,18,19)/t8-/m0/s1. The molecule has 2 aromatic rings. The summed E-state index contributed by atoms with van der Waals surface area (Å²) < 4.78 is 9.89. The van der Waals surface area contributed by atoms with Gasteiger partial charge in [-0.1, -0.05) is 16.8 Å². The first-order valence-corrected chi connectivity index (χ1v) is 6.75. The summed E-state index contributed by atoms with van der Waals surface area (Å²) in [5.41, 5.74) is 6.01. The Morgan fingerprint density at radius 1 is 1.41 bits per heavy atom. The van der Waals surface area contributed by atoms with Gasteiger partial charge >= 0.3 is 5.97 Å². The highest BCUT2D eigenvalue weighted by molar-refractivity contribution is 6.31. The van der Waals surface area contributed by atoms with E-state index in [1.54, 1.807) is 13.0 Å². The molecule has 0 fully saturated rings. The van der Waals surface area contributed by atoms with Crippen molar-refractivity contribution in [2.24, 2.45) is 0 Å². The molecule has 1 atom stereocenters. The Balaban J connectivity index is 1.99. The zero-order chi connectivity index (χ0) is 16.3. The van der Waals surface area contributed by atoms with Gasteiger partial charge in [0.2, 0.25) is 0 Å². The first-order chi connectivity index (χ1) is 10.4. The van der Waals surface area contributed by atoms with Crippen LogP contribution in [0.3, 0.4) is 0 Å². The van der Waals surface area contributed by atoms with Gasteiger partial charge in [-0.3, -0.25) is 4.79 Å². The molecule has 0 saturated carbocycles. The molecule has 22 heavy (non-hydrogen) atoms. The number of hydrogen-bond acceptors (Lipinski definition) is 6. The number of benzene rings is 1. The van der Waals surface area contributed by atoms with Gasteiger partial charge in [0.25, 0.3) is 5.91 Å². The van der Waals surface area contributed by atoms with Crippen molar-refractivity contribution in [1.29, 1.82) is 0 Å². The summed E-state index contributed by atoms with van der Waals surface area (Å²) in [6.07, 6.45) is -1.03. The molecule has 1 amide bonds. The van der Waals surface area contributed by atoms with E-state index in [-0.39, 0.29) is 17.1 Å². The second kappa shape index (κ2) is 6.48. The number of aromatic nitrogens is 1. The van der Waals surface area contributed by atoms with Crippen molar-refractivity contribution in [3.63, 3.8) is 0 Å². The largest absolute Gasteiger partial charge is 0.449 e. The van der Waals surface area contributed by atoms with Crippen LogP contribution in [0.15, 0.2) is 28.8 Å². The molecule has 1 aromatic heterocycles. The summed E-state index contributed by atoms with van der Waals surface area (Å²) in [5, 5.41) is 6.49. The average molecular weight is 324 g/mol. The number of ether oxygens (including phenoxy) is 1. The molecule has 1 heterocycles. The average Bonchev–Trinajstić information content (AvgIpc) is 2.83. The Hall–Kier alpha value is -2.54. The summed E-state index contributed by atoms with van der Waals surface area (Å²) in [5.74, 6) is -0.451. The van der Waals surface area contributed by atoms with Crippen molar-refractivity contribution in [3.8, 4) is 0 Å². The third kappa shape index (κ3) is 3.76. The van der Waals surface area contributed by atoms with Crippen LogP contribution in [-0.4, -0.2) is 23.1 Å². The first kappa shape index (κ1) is 15.8. The smallest absolute Gasteiger partial charge is 0.341 e. The fraction of sp³-hybridized carbons (Fsp3) is 0.214. The van der Waals surface area contributed by atoms with Crippen molar-refractivity contribution in [2.75, 3.05) is 11.1 Å². The highest BCUT2D eigenvalue weighted by Gasteiger charge is 2.21. The molecule has 0 aliphatic heterocycles. The van der Waals surface area contributed by atoms with Gasteiger partial charge in [-0.25, -0.2) is 4.79 Å². The Morgan fingerprint density at radius 2 is 2.14 bits per heavy atom. The van der Waals surface area contributed by atoms with Crippen LogP contribution < -0.4 is 11.1 Å². The van der Waals surface area contributed by atoms with E-state index < -0.39 is 18.0 Å². The van der Waals surface area contributed by atoms with Crippen molar-refractivity contribution >= 4 is 35.0 Å². The number of halogens is 1. The number of nitrogens with one attached hydrogen (secondary N) is 1. The Bertz CT molecular complexity index is 714. The summed E-state index contributed by atoms with van der Waals surface area (Å²) >= 11 is 5.76. The van der Waals surface area contributed by atoms with Crippen LogP contribution in [0.1, 0.15) is 23.0 Å². The summed E-state index contributed by atoms with van der Waals surface area (Å²) in [4.78, 5) is 23.9. The minimum absolute atomic E-state index is 0.140. The maximum atomic E-state index is 12.0. The molecule has 7 nitrogen and oxygen atoms in total. The highest BCUT2D eigenvalue weighted by Crippen LogP contribution is 2.19. The molecule has 0 aliphatic carbocycles. The van der Waals surface area contributed by atoms with Gasteiger partial charge in [-0.15, -0.1) is 0 Å². The van der Waals surface area contributed by atoms with Crippen molar-refractivity contribution in [1.82, 2.24) is 5.16 Å². The number of carbonyl (C=O) groups excluding carboxylic acids is 2. The Labute approximate surface area is 131 Å². The van der Waals surface area contributed by atoms with E-state index in [1.807, 2.05) is 0 Å². The zero-order valence-corrected chi connectivity index (χ0v) is 12.7. The molecule has 0 bridgehead atoms. The van der Waals surface area contributed by atoms with Gasteiger partial charge in [0.15, 0.2) is 11.9 Å². The predicted molar refractivity (Wildman–Crippen MR) is 80.6 cm³/mol. The quantitative estimate of drug-likeness (QED) is 0.660. The van der Waals surface area contributed by atoms with Gasteiger partial charge in [0, 0.05) is 16.8 Å². The van der Waals surface area contributed by atoms with Gasteiger partial charge in [0.05, 0.1) is 5.56 Å². The normalized spacial score (nSPS) is 11.8. The molecule has 1 aromatic carbocycles. The van der Waals surface area contributed by atoms with Crippen molar-refractivity contribution in [2.45, 2.75) is 20.0 Å². The van der Waals surface area contributed by atoms with E-state index in [4.69, 9.17) is 26.6 Å². The number of carbonyl (C=O) groups is 2. The molecule has 0 spiro atoms. The molecule has 0 unspecified atom stereocenters. The second-order valence-electron chi connectivity index (χ2n) is 4.59. The number of hydrogen-bond donors (Lipinski definition) is 2. The van der Waals surface area contributed by atoms with E-state index >= 15 is 0 Å². The number of aryl methyl sites for hydroxylation is 1. The number of anilines is 2. The lowest BCUT2D eigenvalue weighted by molar-refractivity contribution is -0.123. The molecule has 0 radical (unpaired) electrons. The highest BCUT2D eigenvalue weighted by atomic mass is 35.5. The molecule has 8 heteroatoms. The van der Waals surface area contributed by atoms with Crippen molar-refractivity contribution in [3.05, 3.63) is 40.6 Å². The minimum atomic E-state index is -1.03. The predicted octanol–water partition coefficient (Wildman–Crippen LogP) is 2.40. The van der Waals surface area contributed by atoms with Gasteiger partial charge in [-0.05, 0) is 32.0 Å². The number of nitrogen functional groups attached to an aromatic ring is 1. The van der Waals surface area contributed by atoms with Crippen molar-refractivity contribution < 1.29 is 18.8 Å². The van der Waals surface area contributed by atoms with E-state index in [0.717, 1.165) is 0 Å². The van der Waals surface area contributed by atoms with Gasteiger partial charge in [0.1, 0.15) is 5.76 Å². The van der Waals surface area contributed by atoms with Gasteiger partial charge < -0.3 is 20.3 Å². The second-order valence-corrected chi connectivity index (χ2v) is 5.03. The number of nitrogens with zero attached hydrogens (tertiary/aromatic N) is 1. The number of esters is 1. The lowest BCUT2D eigenvalue weighted by atomic mass is 10.2.